The first-order valence-electron chi connectivity index (χ1n) is 11.0. The molecule has 0 saturated heterocycles. The Morgan fingerprint density at radius 2 is 2.19 bits per heavy atom. The van der Waals surface area contributed by atoms with Gasteiger partial charge in [0.25, 0.3) is 0 Å². The Kier molecular flexibility index (Phi) is 5.26. The van der Waals surface area contributed by atoms with E-state index in [1.807, 2.05) is 0 Å². The van der Waals surface area contributed by atoms with Crippen molar-refractivity contribution in [2.24, 2.45) is 0 Å². The van der Waals surface area contributed by atoms with Crippen molar-refractivity contribution in [3.8, 4) is 5.88 Å². The molecule has 168 valence electrons. The minimum atomic E-state index is -3.20. The van der Waals surface area contributed by atoms with Gasteiger partial charge in [-0.3, -0.25) is 8.93 Å². The molecular weight excluding hydrogens is 416 g/mol. The number of fused-ring (bicyclic) bond motifs is 3. The lowest BCUT2D eigenvalue weighted by Gasteiger charge is -2.24. The van der Waals surface area contributed by atoms with E-state index in [0.717, 1.165) is 50.8 Å². The van der Waals surface area contributed by atoms with E-state index in [-0.39, 0.29) is 0 Å². The Bertz CT molecular complexity index is 1080. The second kappa shape index (κ2) is 7.94. The zero-order chi connectivity index (χ0) is 21.6. The number of ether oxygens (including phenoxy) is 2. The maximum Gasteiger partial charge on any atom is 0.329 e. The number of methoxy groups -OCH3 is 1. The van der Waals surface area contributed by atoms with E-state index >= 15 is 0 Å². The lowest BCUT2D eigenvalue weighted by molar-refractivity contribution is 0.179. The van der Waals surface area contributed by atoms with E-state index in [1.165, 1.54) is 22.3 Å². The van der Waals surface area contributed by atoms with Crippen molar-refractivity contribution in [1.82, 2.24) is 14.5 Å². The van der Waals surface area contributed by atoms with Gasteiger partial charge >= 0.3 is 6.03 Å². The highest BCUT2D eigenvalue weighted by molar-refractivity contribution is 8.01. The third-order valence-corrected chi connectivity index (χ3v) is 8.49. The molecule has 0 radical (unpaired) electrons. The monoisotopic (exact) mass is 446 g/mol. The number of thiol groups is 1. The first-order valence-corrected chi connectivity index (χ1v) is 13.2. The van der Waals surface area contributed by atoms with Crippen molar-refractivity contribution in [2.75, 3.05) is 31.9 Å². The number of urea groups is 1. The Labute approximate surface area is 183 Å². The Balaban J connectivity index is 1.41. The number of anilines is 1. The van der Waals surface area contributed by atoms with Gasteiger partial charge in [-0.2, -0.15) is 5.10 Å². The quantitative estimate of drug-likeness (QED) is 0.614. The summed E-state index contributed by atoms with van der Waals surface area (Å²) in [6.07, 6.45) is 8.99. The number of nitrogens with zero attached hydrogens (tertiary/aromatic N) is 2. The summed E-state index contributed by atoms with van der Waals surface area (Å²) in [5.41, 5.74) is 5.95. The molecule has 3 aliphatic rings. The zero-order valence-corrected chi connectivity index (χ0v) is 19.0. The van der Waals surface area contributed by atoms with Gasteiger partial charge in [-0.1, -0.05) is 6.07 Å². The Hall–Kier alpha value is -2.39. The number of hydrogen-bond acceptors (Lipinski definition) is 5. The second-order valence-electron chi connectivity index (χ2n) is 8.75. The largest absolute Gasteiger partial charge is 0.477 e. The molecule has 2 N–H and O–H groups in total. The normalized spacial score (nSPS) is 19.9. The van der Waals surface area contributed by atoms with E-state index < -0.39 is 16.1 Å². The maximum atomic E-state index is 13.4. The van der Waals surface area contributed by atoms with Crippen LogP contribution in [0, 0.1) is 0 Å². The molecule has 2 aromatic rings. The van der Waals surface area contributed by atoms with Crippen LogP contribution in [-0.4, -0.2) is 46.6 Å². The molecular formula is C22H30N4O4S. The van der Waals surface area contributed by atoms with Gasteiger partial charge in [-0.05, 0) is 64.5 Å². The fraction of sp³-hybridized carbons (Fsp3) is 0.545. The molecule has 1 aliphatic heterocycles. The number of rotatable bonds is 5. The molecule has 2 aliphatic carbocycles. The summed E-state index contributed by atoms with van der Waals surface area (Å²) >= 11 is 0. The average Bonchev–Trinajstić information content (AvgIpc) is 3.46. The molecule has 0 unspecified atom stereocenters. The van der Waals surface area contributed by atoms with Crippen LogP contribution in [0.2, 0.25) is 0 Å². The summed E-state index contributed by atoms with van der Waals surface area (Å²) in [6, 6.07) is 1.87. The van der Waals surface area contributed by atoms with Gasteiger partial charge in [0, 0.05) is 37.9 Å². The van der Waals surface area contributed by atoms with Crippen LogP contribution in [0.4, 0.5) is 10.5 Å². The lowest BCUT2D eigenvalue weighted by atomic mass is 9.95. The standard InChI is InChI=1S/C22H30N4O4S/c1-29-13-15-7-8-17-18(15)11-14-5-3-6-16(14)20(17)24-22(27)25-31(2,28)19-12-23-26-9-4-10-30-21(19)26/h11-12,15,31H,3-10,13H2,1-2H3,(H2,24,25,27,28)/t15-/m0/s1. The summed E-state index contributed by atoms with van der Waals surface area (Å²) in [5.74, 6) is 0.865. The van der Waals surface area contributed by atoms with E-state index in [2.05, 4.69) is 21.2 Å². The topological polar surface area (TPSA) is 94.5 Å². The molecule has 2 amide bonds. The highest BCUT2D eigenvalue weighted by Crippen LogP contribution is 2.43. The van der Waals surface area contributed by atoms with Crippen LogP contribution < -0.4 is 14.8 Å². The SMILES string of the molecule is COC[C@@H]1CCc2c1cc1c(c2NC(=O)N[SH](C)(=O)c2cnn3c2OCCC3)CCC1. The minimum absolute atomic E-state index is 0.364. The summed E-state index contributed by atoms with van der Waals surface area (Å²) in [7, 11) is -1.47. The summed E-state index contributed by atoms with van der Waals surface area (Å²) in [6.45, 7) is 1.98. The number of nitrogens with one attached hydrogen (secondary N) is 2. The van der Waals surface area contributed by atoms with Crippen molar-refractivity contribution in [3.63, 3.8) is 0 Å². The van der Waals surface area contributed by atoms with Crippen LogP contribution in [0.3, 0.4) is 0 Å². The van der Waals surface area contributed by atoms with Crippen LogP contribution >= 0.6 is 0 Å². The number of carbonyl (C=O) groups is 1. The summed E-state index contributed by atoms with van der Waals surface area (Å²) in [4.78, 5) is 13.5. The first-order chi connectivity index (χ1) is 15.0. The lowest BCUT2D eigenvalue weighted by Crippen LogP contribution is -2.39. The van der Waals surface area contributed by atoms with E-state index in [0.29, 0.717) is 29.9 Å². The van der Waals surface area contributed by atoms with Gasteiger partial charge in [-0.15, -0.1) is 0 Å². The highest BCUT2D eigenvalue weighted by Gasteiger charge is 2.31. The van der Waals surface area contributed by atoms with Gasteiger partial charge in [0.05, 0.1) is 19.4 Å². The van der Waals surface area contributed by atoms with Crippen molar-refractivity contribution < 1.29 is 18.5 Å². The van der Waals surface area contributed by atoms with Crippen LogP contribution in [0.5, 0.6) is 5.88 Å². The third-order valence-electron chi connectivity index (χ3n) is 6.63. The molecule has 9 heteroatoms. The predicted octanol–water partition coefficient (Wildman–Crippen LogP) is 2.57. The molecule has 0 spiro atoms. The van der Waals surface area contributed by atoms with E-state index in [4.69, 9.17) is 9.47 Å². The van der Waals surface area contributed by atoms with Crippen LogP contribution in [-0.2, 0) is 40.7 Å². The molecule has 2 heterocycles. The minimum Gasteiger partial charge on any atom is -0.477 e. The number of hydrogen-bond donors (Lipinski definition) is 3. The van der Waals surface area contributed by atoms with E-state index in [1.54, 1.807) is 24.2 Å². The van der Waals surface area contributed by atoms with Crippen molar-refractivity contribution in [1.29, 1.82) is 0 Å². The Morgan fingerprint density at radius 3 is 3.03 bits per heavy atom. The predicted molar refractivity (Wildman–Crippen MR) is 120 cm³/mol. The summed E-state index contributed by atoms with van der Waals surface area (Å²) < 4.78 is 29.0. The number of benzene rings is 1. The molecule has 1 atom stereocenters. The Morgan fingerprint density at radius 1 is 1.32 bits per heavy atom. The van der Waals surface area contributed by atoms with Gasteiger partial charge in [0.2, 0.25) is 5.88 Å². The maximum absolute atomic E-state index is 13.4. The molecule has 0 saturated carbocycles. The van der Waals surface area contributed by atoms with Crippen molar-refractivity contribution in [3.05, 3.63) is 34.5 Å². The smallest absolute Gasteiger partial charge is 0.329 e. The van der Waals surface area contributed by atoms with Gasteiger partial charge < -0.3 is 14.8 Å². The summed E-state index contributed by atoms with van der Waals surface area (Å²) in [5, 5.41) is 7.34. The van der Waals surface area contributed by atoms with Crippen LogP contribution in [0.25, 0.3) is 0 Å². The molecule has 1 aromatic heterocycles. The number of aromatic nitrogens is 2. The fourth-order valence-electron chi connectivity index (χ4n) is 5.19. The molecule has 5 rings (SSSR count). The molecule has 1 aromatic carbocycles. The first kappa shape index (κ1) is 20.5. The molecule has 0 fully saturated rings. The van der Waals surface area contributed by atoms with E-state index in [9.17, 15) is 9.00 Å². The van der Waals surface area contributed by atoms with Gasteiger partial charge in [-0.25, -0.2) is 9.48 Å². The average molecular weight is 447 g/mol. The van der Waals surface area contributed by atoms with Crippen molar-refractivity contribution >= 4 is 21.8 Å². The van der Waals surface area contributed by atoms with Crippen LogP contribution in [0.1, 0.15) is 47.4 Å². The van der Waals surface area contributed by atoms with Crippen molar-refractivity contribution in [2.45, 2.75) is 55.9 Å². The second-order valence-corrected chi connectivity index (χ2v) is 11.3. The number of carbonyl (C=O) groups excluding carboxylic acids is 1. The number of aryl methyl sites for hydroxylation is 2. The third kappa shape index (κ3) is 3.63. The van der Waals surface area contributed by atoms with Gasteiger partial charge in [0.15, 0.2) is 0 Å². The van der Waals surface area contributed by atoms with Gasteiger partial charge in [0.1, 0.15) is 4.90 Å². The highest BCUT2D eigenvalue weighted by atomic mass is 32.3. The molecule has 8 nitrogen and oxygen atoms in total. The number of amides is 2. The van der Waals surface area contributed by atoms with Crippen LogP contribution in [0.15, 0.2) is 17.2 Å². The molecule has 31 heavy (non-hydrogen) atoms. The molecule has 0 bridgehead atoms. The zero-order valence-electron chi connectivity index (χ0n) is 18.1. The fourth-order valence-corrected chi connectivity index (χ4v) is 6.57.